The van der Waals surface area contributed by atoms with Crippen molar-refractivity contribution in [2.45, 2.75) is 25.3 Å². The minimum atomic E-state index is 0.272. The summed E-state index contributed by atoms with van der Waals surface area (Å²) in [7, 11) is 0. The van der Waals surface area contributed by atoms with Crippen molar-refractivity contribution in [3.8, 4) is 6.07 Å². The van der Waals surface area contributed by atoms with Gasteiger partial charge in [-0.1, -0.05) is 30.3 Å². The third kappa shape index (κ3) is 3.20. The van der Waals surface area contributed by atoms with Crippen LogP contribution in [0.15, 0.2) is 30.3 Å². The van der Waals surface area contributed by atoms with E-state index in [4.69, 9.17) is 5.26 Å². The second kappa shape index (κ2) is 6.39. The summed E-state index contributed by atoms with van der Waals surface area (Å²) in [6, 6.07) is 13.8. The van der Waals surface area contributed by atoms with Crippen LogP contribution < -0.4 is 0 Å². The van der Waals surface area contributed by atoms with Crippen LogP contribution >= 0.6 is 0 Å². The van der Waals surface area contributed by atoms with Crippen molar-refractivity contribution in [2.75, 3.05) is 32.7 Å². The minimum Gasteiger partial charge on any atom is -0.301 e. The van der Waals surface area contributed by atoms with Crippen LogP contribution in [-0.4, -0.2) is 48.6 Å². The Morgan fingerprint density at radius 1 is 1.10 bits per heavy atom. The molecule has 0 radical (unpaired) electrons. The van der Waals surface area contributed by atoms with Crippen LogP contribution in [0.1, 0.15) is 18.4 Å². The first-order valence-corrected chi connectivity index (χ1v) is 7.75. The van der Waals surface area contributed by atoms with E-state index in [2.05, 4.69) is 46.2 Å². The maximum Gasteiger partial charge on any atom is 0.0669 e. The number of rotatable bonds is 4. The molecule has 0 amide bonds. The number of benzene rings is 1. The zero-order chi connectivity index (χ0) is 13.8. The number of likely N-dealkylation sites (tertiary alicyclic amines) is 2. The highest BCUT2D eigenvalue weighted by Gasteiger charge is 2.32. The van der Waals surface area contributed by atoms with Crippen molar-refractivity contribution in [3.63, 3.8) is 0 Å². The van der Waals surface area contributed by atoms with Crippen molar-refractivity contribution < 1.29 is 0 Å². The van der Waals surface area contributed by atoms with Gasteiger partial charge in [-0.05, 0) is 37.9 Å². The van der Waals surface area contributed by atoms with Gasteiger partial charge >= 0.3 is 0 Å². The Morgan fingerprint density at radius 2 is 1.95 bits per heavy atom. The maximum absolute atomic E-state index is 9.00. The zero-order valence-electron chi connectivity index (χ0n) is 12.0. The lowest BCUT2D eigenvalue weighted by Gasteiger charge is -2.23. The standard InChI is InChI=1S/C17H23N3/c18-12-16-7-11-20(13-16)17-8-10-19(14-17)9-6-15-4-2-1-3-5-15/h1-5,16-17H,6-11,13-14H2. The lowest BCUT2D eigenvalue weighted by atomic mass is 10.1. The second-order valence-electron chi connectivity index (χ2n) is 6.09. The molecule has 0 spiro atoms. The second-order valence-corrected chi connectivity index (χ2v) is 6.09. The van der Waals surface area contributed by atoms with E-state index in [0.717, 1.165) is 32.5 Å². The average molecular weight is 269 g/mol. The summed E-state index contributed by atoms with van der Waals surface area (Å²) < 4.78 is 0. The molecule has 20 heavy (non-hydrogen) atoms. The van der Waals surface area contributed by atoms with Gasteiger partial charge in [0, 0.05) is 25.7 Å². The van der Waals surface area contributed by atoms with Crippen LogP contribution in [0.5, 0.6) is 0 Å². The van der Waals surface area contributed by atoms with Crippen LogP contribution in [0.25, 0.3) is 0 Å². The minimum absolute atomic E-state index is 0.272. The molecule has 2 unspecified atom stereocenters. The van der Waals surface area contributed by atoms with E-state index in [1.54, 1.807) is 0 Å². The van der Waals surface area contributed by atoms with E-state index in [-0.39, 0.29) is 5.92 Å². The van der Waals surface area contributed by atoms with E-state index >= 15 is 0 Å². The predicted molar refractivity (Wildman–Crippen MR) is 80.3 cm³/mol. The van der Waals surface area contributed by atoms with E-state index in [0.29, 0.717) is 6.04 Å². The van der Waals surface area contributed by atoms with Crippen LogP contribution in [0.4, 0.5) is 0 Å². The summed E-state index contributed by atoms with van der Waals surface area (Å²) in [5, 5.41) is 9.00. The Labute approximate surface area is 121 Å². The van der Waals surface area contributed by atoms with Crippen molar-refractivity contribution >= 4 is 0 Å². The van der Waals surface area contributed by atoms with Gasteiger partial charge in [0.05, 0.1) is 12.0 Å². The normalized spacial score (nSPS) is 27.8. The Morgan fingerprint density at radius 3 is 2.70 bits per heavy atom. The fourth-order valence-electron chi connectivity index (χ4n) is 3.47. The molecule has 0 N–H and O–H groups in total. The highest BCUT2D eigenvalue weighted by Crippen LogP contribution is 2.23. The van der Waals surface area contributed by atoms with Crippen LogP contribution in [-0.2, 0) is 6.42 Å². The third-order valence-electron chi connectivity index (χ3n) is 4.73. The van der Waals surface area contributed by atoms with Crippen molar-refractivity contribution in [3.05, 3.63) is 35.9 Å². The first-order chi connectivity index (χ1) is 9.85. The van der Waals surface area contributed by atoms with Crippen LogP contribution in [0, 0.1) is 17.2 Å². The van der Waals surface area contributed by atoms with E-state index in [9.17, 15) is 0 Å². The smallest absolute Gasteiger partial charge is 0.0669 e. The van der Waals surface area contributed by atoms with E-state index in [1.807, 2.05) is 0 Å². The molecule has 2 fully saturated rings. The number of hydrogen-bond donors (Lipinski definition) is 0. The molecule has 2 atom stereocenters. The summed E-state index contributed by atoms with van der Waals surface area (Å²) in [5.41, 5.74) is 1.43. The summed E-state index contributed by atoms with van der Waals surface area (Å²) >= 11 is 0. The molecule has 1 aromatic rings. The van der Waals surface area contributed by atoms with Crippen LogP contribution in [0.2, 0.25) is 0 Å². The van der Waals surface area contributed by atoms with Crippen molar-refractivity contribution in [2.24, 2.45) is 5.92 Å². The Balaban J connectivity index is 1.45. The van der Waals surface area contributed by atoms with Gasteiger partial charge in [0.25, 0.3) is 0 Å². The van der Waals surface area contributed by atoms with Gasteiger partial charge in [-0.2, -0.15) is 5.26 Å². The molecule has 2 aliphatic rings. The lowest BCUT2D eigenvalue weighted by Crippen LogP contribution is -2.36. The van der Waals surface area contributed by atoms with Gasteiger partial charge in [-0.15, -0.1) is 0 Å². The lowest BCUT2D eigenvalue weighted by molar-refractivity contribution is 0.229. The largest absolute Gasteiger partial charge is 0.301 e. The van der Waals surface area contributed by atoms with E-state index in [1.165, 1.54) is 25.1 Å². The van der Waals surface area contributed by atoms with Gasteiger partial charge in [0.15, 0.2) is 0 Å². The van der Waals surface area contributed by atoms with Gasteiger partial charge in [-0.3, -0.25) is 4.90 Å². The molecule has 0 bridgehead atoms. The summed E-state index contributed by atoms with van der Waals surface area (Å²) in [5.74, 6) is 0.272. The quantitative estimate of drug-likeness (QED) is 0.839. The predicted octanol–water partition coefficient (Wildman–Crippen LogP) is 2.15. The molecule has 3 nitrogen and oxygen atoms in total. The number of nitrogens with zero attached hydrogens (tertiary/aromatic N) is 3. The highest BCUT2D eigenvalue weighted by atomic mass is 15.3. The average Bonchev–Trinajstić information content (AvgIpc) is 3.15. The molecule has 3 rings (SSSR count). The summed E-state index contributed by atoms with van der Waals surface area (Å²) in [4.78, 5) is 5.12. The Hall–Kier alpha value is -1.37. The molecular weight excluding hydrogens is 246 g/mol. The Bertz CT molecular complexity index is 465. The topological polar surface area (TPSA) is 30.3 Å². The first kappa shape index (κ1) is 13.6. The summed E-state index contributed by atoms with van der Waals surface area (Å²) in [6.45, 7) is 5.68. The number of nitriles is 1. The Kier molecular flexibility index (Phi) is 4.34. The van der Waals surface area contributed by atoms with Gasteiger partial charge < -0.3 is 4.90 Å². The van der Waals surface area contributed by atoms with Gasteiger partial charge in [0.1, 0.15) is 0 Å². The van der Waals surface area contributed by atoms with Gasteiger partial charge in [0.2, 0.25) is 0 Å². The fraction of sp³-hybridized carbons (Fsp3) is 0.588. The molecule has 2 aliphatic heterocycles. The molecule has 2 saturated heterocycles. The number of hydrogen-bond acceptors (Lipinski definition) is 3. The third-order valence-corrected chi connectivity index (χ3v) is 4.73. The van der Waals surface area contributed by atoms with E-state index < -0.39 is 0 Å². The van der Waals surface area contributed by atoms with Crippen molar-refractivity contribution in [1.29, 1.82) is 5.26 Å². The maximum atomic E-state index is 9.00. The van der Waals surface area contributed by atoms with Crippen LogP contribution in [0.3, 0.4) is 0 Å². The highest BCUT2D eigenvalue weighted by molar-refractivity contribution is 5.15. The fourth-order valence-corrected chi connectivity index (χ4v) is 3.47. The molecular formula is C17H23N3. The monoisotopic (exact) mass is 269 g/mol. The molecule has 0 aromatic heterocycles. The molecule has 2 heterocycles. The van der Waals surface area contributed by atoms with Gasteiger partial charge in [-0.25, -0.2) is 0 Å². The molecule has 0 saturated carbocycles. The molecule has 0 aliphatic carbocycles. The summed E-state index contributed by atoms with van der Waals surface area (Å²) in [6.07, 6.45) is 3.48. The first-order valence-electron chi connectivity index (χ1n) is 7.75. The SMILES string of the molecule is N#CC1CCN(C2CCN(CCc3ccccc3)C2)C1. The van der Waals surface area contributed by atoms with Crippen molar-refractivity contribution in [1.82, 2.24) is 9.80 Å². The molecule has 3 heteroatoms. The molecule has 1 aromatic carbocycles. The zero-order valence-corrected chi connectivity index (χ0v) is 12.0. The molecule has 106 valence electrons.